The number of likely N-dealkylation sites (tertiary alicyclic amines) is 1. The third kappa shape index (κ3) is 5.98. The summed E-state index contributed by atoms with van der Waals surface area (Å²) in [6, 6.07) is 14.5. The number of carbonyl (C=O) groups excluding carboxylic acids is 1. The van der Waals surface area contributed by atoms with Crippen LogP contribution < -0.4 is 4.74 Å². The van der Waals surface area contributed by atoms with E-state index >= 15 is 0 Å². The third-order valence-electron chi connectivity index (χ3n) is 7.92. The van der Waals surface area contributed by atoms with E-state index in [-0.39, 0.29) is 17.4 Å². The molecule has 1 amide bonds. The fourth-order valence-electron chi connectivity index (χ4n) is 5.61. The van der Waals surface area contributed by atoms with Gasteiger partial charge in [0, 0.05) is 19.1 Å². The Morgan fingerprint density at radius 2 is 1.83 bits per heavy atom. The number of rotatable bonds is 9. The van der Waals surface area contributed by atoms with Crippen LogP contribution >= 0.6 is 23.2 Å². The summed E-state index contributed by atoms with van der Waals surface area (Å²) in [6.07, 6.45) is 4.66. The van der Waals surface area contributed by atoms with Crippen molar-refractivity contribution in [3.8, 4) is 5.75 Å². The van der Waals surface area contributed by atoms with E-state index in [4.69, 9.17) is 27.9 Å². The lowest BCUT2D eigenvalue weighted by Gasteiger charge is -2.38. The molecular formula is C29H38Cl2N2O2. The van der Waals surface area contributed by atoms with Crippen LogP contribution in [0.3, 0.4) is 0 Å². The van der Waals surface area contributed by atoms with Crippen molar-refractivity contribution in [2.24, 2.45) is 5.92 Å². The van der Waals surface area contributed by atoms with Crippen LogP contribution in [0.2, 0.25) is 10.0 Å². The van der Waals surface area contributed by atoms with Crippen LogP contribution in [0, 0.1) is 5.92 Å². The Morgan fingerprint density at radius 3 is 2.46 bits per heavy atom. The maximum atomic E-state index is 13.0. The summed E-state index contributed by atoms with van der Waals surface area (Å²) in [5.74, 6) is 1.65. The Bertz CT molecular complexity index is 1020. The van der Waals surface area contributed by atoms with E-state index in [0.29, 0.717) is 21.7 Å². The molecule has 6 heteroatoms. The highest BCUT2D eigenvalue weighted by molar-refractivity contribution is 6.43. The van der Waals surface area contributed by atoms with Gasteiger partial charge >= 0.3 is 0 Å². The molecular weight excluding hydrogens is 479 g/mol. The maximum Gasteiger partial charge on any atom is 0.255 e. The number of piperidine rings is 1. The monoisotopic (exact) mass is 516 g/mol. The van der Waals surface area contributed by atoms with Crippen molar-refractivity contribution < 1.29 is 9.53 Å². The van der Waals surface area contributed by atoms with E-state index in [2.05, 4.69) is 56.9 Å². The second-order valence-corrected chi connectivity index (χ2v) is 11.3. The highest BCUT2D eigenvalue weighted by atomic mass is 35.5. The minimum Gasteiger partial charge on any atom is -0.491 e. The van der Waals surface area contributed by atoms with Gasteiger partial charge < -0.3 is 14.5 Å². The number of carbonyl (C=O) groups is 1. The average Bonchev–Trinajstić information content (AvgIpc) is 3.52. The van der Waals surface area contributed by atoms with Gasteiger partial charge in [-0.05, 0) is 93.8 Å². The van der Waals surface area contributed by atoms with Gasteiger partial charge in [0.15, 0.2) is 0 Å². The van der Waals surface area contributed by atoms with Gasteiger partial charge in [0.1, 0.15) is 5.75 Å². The number of hydrogen-bond donors (Lipinski definition) is 0. The average molecular weight is 518 g/mol. The number of halogens is 2. The summed E-state index contributed by atoms with van der Waals surface area (Å²) < 4.78 is 5.80. The molecule has 1 aliphatic heterocycles. The first-order valence-corrected chi connectivity index (χ1v) is 13.7. The highest BCUT2D eigenvalue weighted by Crippen LogP contribution is 2.56. The van der Waals surface area contributed by atoms with Gasteiger partial charge in [0.2, 0.25) is 0 Å². The molecule has 2 aromatic rings. The van der Waals surface area contributed by atoms with E-state index in [1.54, 1.807) is 18.2 Å². The lowest BCUT2D eigenvalue weighted by Crippen LogP contribution is -2.47. The van der Waals surface area contributed by atoms with Crippen molar-refractivity contribution in [1.29, 1.82) is 0 Å². The first kappa shape index (κ1) is 26.3. The minimum absolute atomic E-state index is 0.0161. The van der Waals surface area contributed by atoms with E-state index in [1.807, 2.05) is 4.90 Å². The summed E-state index contributed by atoms with van der Waals surface area (Å²) in [4.78, 5) is 17.5. The first-order valence-electron chi connectivity index (χ1n) is 13.0. The summed E-state index contributed by atoms with van der Waals surface area (Å²) in [6.45, 7) is 12.4. The Morgan fingerprint density at radius 1 is 1.14 bits per heavy atom. The van der Waals surface area contributed by atoms with Gasteiger partial charge in [0.25, 0.3) is 5.91 Å². The van der Waals surface area contributed by atoms with Crippen molar-refractivity contribution in [3.63, 3.8) is 0 Å². The van der Waals surface area contributed by atoms with Gasteiger partial charge in [-0.1, -0.05) is 55.2 Å². The van der Waals surface area contributed by atoms with E-state index in [1.165, 1.54) is 18.4 Å². The van der Waals surface area contributed by atoms with Crippen LogP contribution in [-0.4, -0.2) is 54.0 Å². The van der Waals surface area contributed by atoms with Crippen LogP contribution in [0.1, 0.15) is 69.3 Å². The van der Waals surface area contributed by atoms with E-state index in [0.717, 1.165) is 50.7 Å². The number of benzene rings is 2. The molecule has 2 aromatic carbocycles. The van der Waals surface area contributed by atoms with Crippen LogP contribution in [0.5, 0.6) is 5.75 Å². The smallest absolute Gasteiger partial charge is 0.255 e. The normalized spacial score (nSPS) is 22.6. The first-order chi connectivity index (χ1) is 16.7. The van der Waals surface area contributed by atoms with Gasteiger partial charge in [-0.2, -0.15) is 0 Å². The zero-order chi connectivity index (χ0) is 25.2. The Hall–Kier alpha value is -1.75. The van der Waals surface area contributed by atoms with Gasteiger partial charge in [-0.15, -0.1) is 0 Å². The molecule has 4 rings (SSSR count). The van der Waals surface area contributed by atoms with E-state index < -0.39 is 0 Å². The predicted octanol–water partition coefficient (Wildman–Crippen LogP) is 7.08. The number of amides is 1. The molecule has 1 aliphatic carbocycles. The van der Waals surface area contributed by atoms with Gasteiger partial charge in [-0.3, -0.25) is 4.79 Å². The molecule has 0 N–H and O–H groups in total. The molecule has 0 radical (unpaired) electrons. The van der Waals surface area contributed by atoms with Crippen molar-refractivity contribution in [2.75, 3.05) is 26.2 Å². The largest absolute Gasteiger partial charge is 0.491 e. The molecule has 4 nitrogen and oxygen atoms in total. The zero-order valence-corrected chi connectivity index (χ0v) is 22.9. The molecule has 2 aliphatic rings. The van der Waals surface area contributed by atoms with Crippen molar-refractivity contribution >= 4 is 29.1 Å². The Kier molecular flexibility index (Phi) is 8.35. The van der Waals surface area contributed by atoms with Crippen molar-refractivity contribution in [1.82, 2.24) is 9.80 Å². The molecule has 1 heterocycles. The molecule has 0 spiro atoms. The molecule has 2 unspecified atom stereocenters. The quantitative estimate of drug-likeness (QED) is 0.357. The summed E-state index contributed by atoms with van der Waals surface area (Å²) in [7, 11) is 0. The number of hydrogen-bond acceptors (Lipinski definition) is 3. The standard InChI is InChI=1S/C29H38Cl2N2O2/c1-5-32(16-13-22-19-29(22,4)21-9-11-24(12-10-21)35-20(2)3)23-14-17-33(18-15-23)28(34)25-7-6-8-26(30)27(25)31/h6-12,20,22-23H,5,13-19H2,1-4H3. The van der Waals surface area contributed by atoms with Crippen LogP contribution in [0.25, 0.3) is 0 Å². The lowest BCUT2D eigenvalue weighted by molar-refractivity contribution is 0.0621. The maximum absolute atomic E-state index is 13.0. The number of ether oxygens (including phenoxy) is 1. The minimum atomic E-state index is -0.0161. The Labute approximate surface area is 220 Å². The fourth-order valence-corrected chi connectivity index (χ4v) is 5.99. The SMILES string of the molecule is CCN(CCC1CC1(C)c1ccc(OC(C)C)cc1)C1CCN(C(=O)c2cccc(Cl)c2Cl)CC1. The molecule has 190 valence electrons. The van der Waals surface area contributed by atoms with Crippen LogP contribution in [0.15, 0.2) is 42.5 Å². The molecule has 1 saturated heterocycles. The molecule has 0 aromatic heterocycles. The second kappa shape index (κ2) is 11.1. The van der Waals surface area contributed by atoms with Crippen LogP contribution in [0.4, 0.5) is 0 Å². The van der Waals surface area contributed by atoms with E-state index in [9.17, 15) is 4.79 Å². The highest BCUT2D eigenvalue weighted by Gasteiger charge is 2.50. The molecule has 2 fully saturated rings. The van der Waals surface area contributed by atoms with Crippen LogP contribution in [-0.2, 0) is 5.41 Å². The number of nitrogens with zero attached hydrogens (tertiary/aromatic N) is 2. The molecule has 1 saturated carbocycles. The van der Waals surface area contributed by atoms with Crippen molar-refractivity contribution in [3.05, 3.63) is 63.6 Å². The lowest BCUT2D eigenvalue weighted by atomic mass is 9.94. The summed E-state index contributed by atoms with van der Waals surface area (Å²) in [5.41, 5.74) is 2.21. The zero-order valence-electron chi connectivity index (χ0n) is 21.4. The summed E-state index contributed by atoms with van der Waals surface area (Å²) >= 11 is 12.4. The molecule has 0 bridgehead atoms. The molecule has 35 heavy (non-hydrogen) atoms. The summed E-state index contributed by atoms with van der Waals surface area (Å²) in [5, 5.41) is 0.780. The Balaban J connectivity index is 1.27. The molecule has 2 atom stereocenters. The van der Waals surface area contributed by atoms with Crippen molar-refractivity contribution in [2.45, 2.75) is 70.9 Å². The third-order valence-corrected chi connectivity index (χ3v) is 8.74. The van der Waals surface area contributed by atoms with Gasteiger partial charge in [-0.25, -0.2) is 0 Å². The fraction of sp³-hybridized carbons (Fsp3) is 0.552. The predicted molar refractivity (Wildman–Crippen MR) is 145 cm³/mol. The van der Waals surface area contributed by atoms with Gasteiger partial charge in [0.05, 0.1) is 21.7 Å². The second-order valence-electron chi connectivity index (χ2n) is 10.6. The topological polar surface area (TPSA) is 32.8 Å².